The average molecular weight is 268 g/mol. The maximum atomic E-state index is 12.2. The Morgan fingerprint density at radius 2 is 1.58 bits per heavy atom. The van der Waals surface area contributed by atoms with Crippen LogP contribution in [0, 0.1) is 10.8 Å². The van der Waals surface area contributed by atoms with E-state index < -0.39 is 5.41 Å². The predicted octanol–water partition coefficient (Wildman–Crippen LogP) is 2.50. The largest absolute Gasteiger partial charge is 0.468 e. The number of ether oxygens (including phenoxy) is 2. The van der Waals surface area contributed by atoms with Crippen molar-refractivity contribution in [2.75, 3.05) is 20.8 Å². The van der Waals surface area contributed by atoms with Crippen molar-refractivity contribution in [1.29, 1.82) is 0 Å². The topological polar surface area (TPSA) is 52.6 Å². The van der Waals surface area contributed by atoms with Crippen LogP contribution in [0.4, 0.5) is 0 Å². The third-order valence-electron chi connectivity index (χ3n) is 4.90. The van der Waals surface area contributed by atoms with Gasteiger partial charge in [-0.15, -0.1) is 0 Å². The van der Waals surface area contributed by atoms with E-state index in [0.717, 1.165) is 12.8 Å². The molecule has 19 heavy (non-hydrogen) atoms. The summed E-state index contributed by atoms with van der Waals surface area (Å²) in [7, 11) is 2.85. The van der Waals surface area contributed by atoms with E-state index in [1.807, 2.05) is 0 Å². The van der Waals surface area contributed by atoms with Crippen LogP contribution in [0.5, 0.6) is 0 Å². The van der Waals surface area contributed by atoms with Crippen LogP contribution in [0.3, 0.4) is 0 Å². The number of rotatable bonds is 4. The van der Waals surface area contributed by atoms with Crippen LogP contribution in [-0.2, 0) is 19.1 Å². The lowest BCUT2D eigenvalue weighted by atomic mass is 9.48. The zero-order chi connectivity index (χ0) is 13.9. The zero-order valence-electron chi connectivity index (χ0n) is 12.0. The summed E-state index contributed by atoms with van der Waals surface area (Å²) in [6.07, 6.45) is 8.60. The van der Waals surface area contributed by atoms with Gasteiger partial charge in [0.25, 0.3) is 0 Å². The van der Waals surface area contributed by atoms with E-state index in [0.29, 0.717) is 12.8 Å². The van der Waals surface area contributed by atoms with Gasteiger partial charge in [-0.3, -0.25) is 9.59 Å². The van der Waals surface area contributed by atoms with Crippen molar-refractivity contribution in [2.45, 2.75) is 51.4 Å². The summed E-state index contributed by atoms with van der Waals surface area (Å²) in [5.74, 6) is -0.485. The number of ketones is 1. The van der Waals surface area contributed by atoms with Crippen molar-refractivity contribution < 1.29 is 19.1 Å². The molecule has 1 spiro atoms. The molecular weight excluding hydrogens is 244 g/mol. The normalized spacial score (nSPS) is 24.3. The van der Waals surface area contributed by atoms with Crippen LogP contribution in [0.1, 0.15) is 51.4 Å². The molecule has 0 amide bonds. The molecule has 2 fully saturated rings. The molecule has 2 saturated carbocycles. The van der Waals surface area contributed by atoms with Gasteiger partial charge >= 0.3 is 5.97 Å². The highest BCUT2D eigenvalue weighted by Gasteiger charge is 2.62. The first-order chi connectivity index (χ1) is 9.08. The molecule has 108 valence electrons. The van der Waals surface area contributed by atoms with E-state index in [4.69, 9.17) is 9.47 Å². The number of hydrogen-bond donors (Lipinski definition) is 0. The van der Waals surface area contributed by atoms with E-state index in [1.165, 1.54) is 39.9 Å². The minimum absolute atomic E-state index is 0.00514. The molecule has 0 N–H and O–H groups in total. The number of esters is 1. The summed E-state index contributed by atoms with van der Waals surface area (Å²) >= 11 is 0. The maximum Gasteiger partial charge on any atom is 0.319 e. The van der Waals surface area contributed by atoms with Crippen LogP contribution >= 0.6 is 0 Å². The van der Waals surface area contributed by atoms with Crippen molar-refractivity contribution in [3.63, 3.8) is 0 Å². The number of carbonyl (C=O) groups excluding carboxylic acids is 2. The molecule has 0 bridgehead atoms. The third kappa shape index (κ3) is 2.55. The maximum absolute atomic E-state index is 12.2. The van der Waals surface area contributed by atoms with Gasteiger partial charge in [-0.2, -0.15) is 0 Å². The number of methoxy groups -OCH3 is 2. The van der Waals surface area contributed by atoms with E-state index in [-0.39, 0.29) is 23.8 Å². The van der Waals surface area contributed by atoms with Crippen molar-refractivity contribution in [3.8, 4) is 0 Å². The Labute approximate surface area is 114 Å². The van der Waals surface area contributed by atoms with Gasteiger partial charge in [0, 0.05) is 7.11 Å². The molecule has 0 radical (unpaired) electrons. The monoisotopic (exact) mass is 268 g/mol. The SMILES string of the molecule is COCC(=O)C1(C(=O)OC)CC2(CCCCCC2)C1. The Bertz CT molecular complexity index is 345. The first-order valence-corrected chi connectivity index (χ1v) is 7.19. The molecule has 0 atom stereocenters. The van der Waals surface area contributed by atoms with E-state index >= 15 is 0 Å². The van der Waals surface area contributed by atoms with Crippen LogP contribution in [0.25, 0.3) is 0 Å². The van der Waals surface area contributed by atoms with Crippen molar-refractivity contribution in [1.82, 2.24) is 0 Å². The fraction of sp³-hybridized carbons (Fsp3) is 0.867. The second kappa shape index (κ2) is 5.61. The summed E-state index contributed by atoms with van der Waals surface area (Å²) in [6, 6.07) is 0. The highest BCUT2D eigenvalue weighted by molar-refractivity contribution is 6.05. The van der Waals surface area contributed by atoms with Crippen LogP contribution in [0.2, 0.25) is 0 Å². The minimum atomic E-state index is -0.922. The van der Waals surface area contributed by atoms with Gasteiger partial charge in [0.2, 0.25) is 0 Å². The lowest BCUT2D eigenvalue weighted by Crippen LogP contribution is -2.57. The Kier molecular flexibility index (Phi) is 4.29. The number of hydrogen-bond acceptors (Lipinski definition) is 4. The molecule has 4 nitrogen and oxygen atoms in total. The Morgan fingerprint density at radius 3 is 2.05 bits per heavy atom. The van der Waals surface area contributed by atoms with Gasteiger partial charge < -0.3 is 9.47 Å². The van der Waals surface area contributed by atoms with Crippen molar-refractivity contribution >= 4 is 11.8 Å². The third-order valence-corrected chi connectivity index (χ3v) is 4.90. The predicted molar refractivity (Wildman–Crippen MR) is 70.7 cm³/mol. The van der Waals surface area contributed by atoms with Gasteiger partial charge in [-0.25, -0.2) is 0 Å². The highest BCUT2D eigenvalue weighted by atomic mass is 16.5. The molecule has 0 aliphatic heterocycles. The second-order valence-electron chi connectivity index (χ2n) is 6.20. The molecule has 4 heteroatoms. The van der Waals surface area contributed by atoms with Gasteiger partial charge in [0.1, 0.15) is 12.0 Å². The first-order valence-electron chi connectivity index (χ1n) is 7.19. The summed E-state index contributed by atoms with van der Waals surface area (Å²) in [4.78, 5) is 24.3. The number of carbonyl (C=O) groups is 2. The second-order valence-corrected chi connectivity index (χ2v) is 6.20. The Balaban J connectivity index is 2.11. The quantitative estimate of drug-likeness (QED) is 0.580. The Hall–Kier alpha value is -0.900. The molecule has 0 unspecified atom stereocenters. The zero-order valence-corrected chi connectivity index (χ0v) is 12.0. The molecule has 2 aliphatic rings. The fourth-order valence-corrected chi connectivity index (χ4v) is 3.98. The summed E-state index contributed by atoms with van der Waals surface area (Å²) in [6.45, 7) is 0.00514. The first kappa shape index (κ1) is 14.5. The van der Waals surface area contributed by atoms with Crippen LogP contribution in [-0.4, -0.2) is 32.6 Å². The lowest BCUT2D eigenvalue weighted by Gasteiger charge is -2.53. The number of Topliss-reactive ketones (excluding diaryl/α,β-unsaturated/α-hetero) is 1. The summed E-state index contributed by atoms with van der Waals surface area (Å²) in [5, 5.41) is 0. The van der Waals surface area contributed by atoms with Gasteiger partial charge in [0.05, 0.1) is 7.11 Å². The van der Waals surface area contributed by atoms with Gasteiger partial charge in [-0.1, -0.05) is 25.7 Å². The molecule has 0 aromatic carbocycles. The summed E-state index contributed by atoms with van der Waals surface area (Å²) < 4.78 is 9.80. The van der Waals surface area contributed by atoms with E-state index in [9.17, 15) is 9.59 Å². The smallest absolute Gasteiger partial charge is 0.319 e. The molecule has 0 aromatic rings. The summed E-state index contributed by atoms with van der Waals surface area (Å²) in [5.41, 5.74) is -0.719. The van der Waals surface area contributed by atoms with Crippen molar-refractivity contribution in [2.24, 2.45) is 10.8 Å². The Morgan fingerprint density at radius 1 is 1.00 bits per heavy atom. The van der Waals surface area contributed by atoms with E-state index in [1.54, 1.807) is 0 Å². The van der Waals surface area contributed by atoms with Gasteiger partial charge in [-0.05, 0) is 31.1 Å². The molecule has 0 saturated heterocycles. The molecule has 0 heterocycles. The molecule has 2 aliphatic carbocycles. The van der Waals surface area contributed by atoms with E-state index in [2.05, 4.69) is 0 Å². The van der Waals surface area contributed by atoms with Crippen molar-refractivity contribution in [3.05, 3.63) is 0 Å². The molecular formula is C15H24O4. The molecule has 2 rings (SSSR count). The highest BCUT2D eigenvalue weighted by Crippen LogP contribution is 2.61. The van der Waals surface area contributed by atoms with Crippen LogP contribution in [0.15, 0.2) is 0 Å². The fourth-order valence-electron chi connectivity index (χ4n) is 3.98. The van der Waals surface area contributed by atoms with Gasteiger partial charge in [0.15, 0.2) is 5.78 Å². The molecule has 0 aromatic heterocycles. The minimum Gasteiger partial charge on any atom is -0.468 e. The van der Waals surface area contributed by atoms with Crippen LogP contribution < -0.4 is 0 Å². The standard InChI is InChI=1S/C15H24O4/c1-18-9-12(16)15(13(17)19-2)10-14(11-15)7-5-3-4-6-8-14/h3-11H2,1-2H3. The average Bonchev–Trinajstić information content (AvgIpc) is 2.61. The lowest BCUT2D eigenvalue weighted by molar-refractivity contribution is -0.178.